The van der Waals surface area contributed by atoms with E-state index in [0.29, 0.717) is 28.4 Å². The molecule has 9 nitrogen and oxygen atoms in total. The maximum absolute atomic E-state index is 12.8. The van der Waals surface area contributed by atoms with Gasteiger partial charge in [0.25, 0.3) is 0 Å². The van der Waals surface area contributed by atoms with Crippen molar-refractivity contribution in [2.45, 2.75) is 19.8 Å². The minimum absolute atomic E-state index is 0.00105. The number of hydrogen-bond acceptors (Lipinski definition) is 9. The molecule has 0 saturated heterocycles. The molecule has 0 amide bonds. The molecule has 1 atom stereocenters. The molecular formula is C23H20O9. The number of carbonyl (C=O) groups excluding carboxylic acids is 3. The number of ether oxygens (including phenoxy) is 6. The number of benzene rings is 2. The number of para-hydroxylation sites is 1. The molecule has 2 aliphatic heterocycles. The Kier molecular flexibility index (Phi) is 5.72. The largest absolute Gasteiger partial charge is 0.496 e. The fourth-order valence-corrected chi connectivity index (χ4v) is 3.73. The molecule has 2 heterocycles. The Balaban J connectivity index is 2.00. The van der Waals surface area contributed by atoms with E-state index in [4.69, 9.17) is 28.4 Å². The van der Waals surface area contributed by atoms with Crippen molar-refractivity contribution in [3.05, 3.63) is 58.9 Å². The summed E-state index contributed by atoms with van der Waals surface area (Å²) in [4.78, 5) is 36.4. The molecule has 0 radical (unpaired) electrons. The van der Waals surface area contributed by atoms with Gasteiger partial charge in [0.2, 0.25) is 6.79 Å². The van der Waals surface area contributed by atoms with E-state index in [0.717, 1.165) is 0 Å². The zero-order valence-electron chi connectivity index (χ0n) is 17.6. The summed E-state index contributed by atoms with van der Waals surface area (Å²) < 4.78 is 32.4. The minimum atomic E-state index is -0.862. The lowest BCUT2D eigenvalue weighted by Gasteiger charge is -2.23. The van der Waals surface area contributed by atoms with E-state index in [1.807, 2.05) is 0 Å². The van der Waals surface area contributed by atoms with Gasteiger partial charge in [0, 0.05) is 31.0 Å². The van der Waals surface area contributed by atoms with Gasteiger partial charge in [-0.3, -0.25) is 9.59 Å². The van der Waals surface area contributed by atoms with E-state index < -0.39 is 23.8 Å². The van der Waals surface area contributed by atoms with Gasteiger partial charge < -0.3 is 28.4 Å². The zero-order chi connectivity index (χ0) is 22.8. The number of carbonyl (C=O) groups is 3. The van der Waals surface area contributed by atoms with E-state index in [1.54, 1.807) is 30.3 Å². The fourth-order valence-electron chi connectivity index (χ4n) is 3.73. The molecule has 9 heteroatoms. The monoisotopic (exact) mass is 440 g/mol. The van der Waals surface area contributed by atoms with Gasteiger partial charge >= 0.3 is 17.9 Å². The molecule has 0 spiro atoms. The average Bonchev–Trinajstić information content (AvgIpc) is 3.35. The maximum atomic E-state index is 12.8. The number of esters is 3. The van der Waals surface area contributed by atoms with Crippen LogP contribution >= 0.6 is 0 Å². The van der Waals surface area contributed by atoms with Crippen molar-refractivity contribution in [3.63, 3.8) is 0 Å². The third-order valence-electron chi connectivity index (χ3n) is 4.93. The molecule has 2 aromatic carbocycles. The van der Waals surface area contributed by atoms with Gasteiger partial charge in [-0.25, -0.2) is 4.79 Å². The first-order chi connectivity index (χ1) is 15.4. The maximum Gasteiger partial charge on any atom is 0.339 e. The molecule has 32 heavy (non-hydrogen) atoms. The molecular weight excluding hydrogens is 420 g/mol. The van der Waals surface area contributed by atoms with E-state index >= 15 is 0 Å². The lowest BCUT2D eigenvalue weighted by atomic mass is 9.83. The second-order valence-corrected chi connectivity index (χ2v) is 7.02. The summed E-state index contributed by atoms with van der Waals surface area (Å²) in [5.74, 6) is -1.17. The van der Waals surface area contributed by atoms with Gasteiger partial charge in [-0.15, -0.1) is 0 Å². The molecule has 0 saturated carbocycles. The summed E-state index contributed by atoms with van der Waals surface area (Å²) in [6.45, 7) is 2.30. The van der Waals surface area contributed by atoms with Crippen molar-refractivity contribution in [2.24, 2.45) is 0 Å². The Morgan fingerprint density at radius 1 is 0.906 bits per heavy atom. The smallest absolute Gasteiger partial charge is 0.339 e. The van der Waals surface area contributed by atoms with Gasteiger partial charge in [0.05, 0.1) is 18.6 Å². The van der Waals surface area contributed by atoms with Crippen molar-refractivity contribution in [3.8, 4) is 23.0 Å². The number of fused-ring (bicyclic) bond motifs is 1. The fraction of sp³-hybridized carbons (Fsp3) is 0.261. The van der Waals surface area contributed by atoms with Crippen LogP contribution in [0.5, 0.6) is 23.0 Å². The van der Waals surface area contributed by atoms with Crippen LogP contribution in [0.3, 0.4) is 0 Å². The summed E-state index contributed by atoms with van der Waals surface area (Å²) in [6.07, 6.45) is 0. The first-order valence-corrected chi connectivity index (χ1v) is 9.72. The molecule has 0 unspecified atom stereocenters. The van der Waals surface area contributed by atoms with Crippen molar-refractivity contribution < 1.29 is 42.8 Å². The Labute approximate surface area is 183 Å². The van der Waals surface area contributed by atoms with Crippen LogP contribution < -0.4 is 18.9 Å². The van der Waals surface area contributed by atoms with Gasteiger partial charge in [-0.1, -0.05) is 18.2 Å². The zero-order valence-corrected chi connectivity index (χ0v) is 17.6. The summed E-state index contributed by atoms with van der Waals surface area (Å²) in [5, 5.41) is 0. The number of hydrogen-bond donors (Lipinski definition) is 0. The van der Waals surface area contributed by atoms with Crippen molar-refractivity contribution in [2.75, 3.05) is 20.5 Å². The molecule has 4 rings (SSSR count). The van der Waals surface area contributed by atoms with E-state index in [1.165, 1.54) is 27.0 Å². The lowest BCUT2D eigenvalue weighted by Crippen LogP contribution is -2.16. The third kappa shape index (κ3) is 3.96. The molecule has 2 aromatic rings. The molecule has 2 aliphatic rings. The quantitative estimate of drug-likeness (QED) is 0.495. The molecule has 166 valence electrons. The van der Waals surface area contributed by atoms with Crippen LogP contribution in [0, 0.1) is 0 Å². The highest BCUT2D eigenvalue weighted by molar-refractivity contribution is 5.95. The van der Waals surface area contributed by atoms with Crippen LogP contribution in [0.15, 0.2) is 47.7 Å². The first kappa shape index (κ1) is 21.2. The molecule has 0 aliphatic carbocycles. The second-order valence-electron chi connectivity index (χ2n) is 7.02. The SMILES string of the molecule is COc1ccccc1[C@H](C1=C(OC(C)=O)COC1=O)c1cc2c(cc1OC(C)=O)OCO2. The van der Waals surface area contributed by atoms with Crippen molar-refractivity contribution in [1.82, 2.24) is 0 Å². The Morgan fingerprint density at radius 2 is 1.59 bits per heavy atom. The lowest BCUT2D eigenvalue weighted by molar-refractivity contribution is -0.139. The highest BCUT2D eigenvalue weighted by atomic mass is 16.7. The summed E-state index contributed by atoms with van der Waals surface area (Å²) >= 11 is 0. The number of methoxy groups -OCH3 is 1. The van der Waals surface area contributed by atoms with Gasteiger partial charge in [-0.2, -0.15) is 0 Å². The van der Waals surface area contributed by atoms with Crippen LogP contribution in [0.25, 0.3) is 0 Å². The van der Waals surface area contributed by atoms with Crippen LogP contribution in [0.2, 0.25) is 0 Å². The normalized spacial score (nSPS) is 15.3. The summed E-state index contributed by atoms with van der Waals surface area (Å²) in [6, 6.07) is 10.2. The highest BCUT2D eigenvalue weighted by Crippen LogP contribution is 2.48. The van der Waals surface area contributed by atoms with Gasteiger partial charge in [-0.05, 0) is 12.1 Å². The summed E-state index contributed by atoms with van der Waals surface area (Å²) in [7, 11) is 1.50. The van der Waals surface area contributed by atoms with Crippen molar-refractivity contribution in [1.29, 1.82) is 0 Å². The van der Waals surface area contributed by atoms with E-state index in [2.05, 4.69) is 0 Å². The van der Waals surface area contributed by atoms with E-state index in [9.17, 15) is 14.4 Å². The summed E-state index contributed by atoms with van der Waals surface area (Å²) in [5.41, 5.74) is 1.07. The Hall–Kier alpha value is -4.01. The van der Waals surface area contributed by atoms with Crippen molar-refractivity contribution >= 4 is 17.9 Å². The topological polar surface area (TPSA) is 107 Å². The predicted octanol–water partition coefficient (Wildman–Crippen LogP) is 2.86. The molecule has 0 bridgehead atoms. The van der Waals surface area contributed by atoms with Crippen LogP contribution in [-0.4, -0.2) is 38.4 Å². The van der Waals surface area contributed by atoms with Crippen LogP contribution in [0.4, 0.5) is 0 Å². The Morgan fingerprint density at radius 3 is 2.28 bits per heavy atom. The number of rotatable bonds is 6. The number of cyclic esters (lactones) is 1. The van der Waals surface area contributed by atoms with E-state index in [-0.39, 0.29) is 30.5 Å². The molecule has 0 fully saturated rings. The standard InChI is InChI=1S/C23H20O9/c1-12(24)31-17-9-19-18(29-11-30-19)8-15(17)21(14-6-4-5-7-16(14)27-3)22-20(32-13(2)25)10-28-23(22)26/h4-9,21H,10-11H2,1-3H3/t21-/m0/s1. The van der Waals surface area contributed by atoms with Crippen LogP contribution in [-0.2, 0) is 23.9 Å². The highest BCUT2D eigenvalue weighted by Gasteiger charge is 2.39. The third-order valence-corrected chi connectivity index (χ3v) is 4.93. The molecule has 0 aromatic heterocycles. The van der Waals surface area contributed by atoms with Gasteiger partial charge in [0.15, 0.2) is 17.3 Å². The predicted molar refractivity (Wildman–Crippen MR) is 108 cm³/mol. The van der Waals surface area contributed by atoms with Gasteiger partial charge in [0.1, 0.15) is 18.1 Å². The first-order valence-electron chi connectivity index (χ1n) is 9.72. The molecule has 0 N–H and O–H groups in total. The average molecular weight is 440 g/mol. The minimum Gasteiger partial charge on any atom is -0.496 e. The second kappa shape index (κ2) is 8.62. The Bertz CT molecular complexity index is 1130. The van der Waals surface area contributed by atoms with Crippen LogP contribution in [0.1, 0.15) is 30.9 Å².